The van der Waals surface area contributed by atoms with E-state index < -0.39 is 16.0 Å². The average Bonchev–Trinajstić information content (AvgIpc) is 2.41. The summed E-state index contributed by atoms with van der Waals surface area (Å²) in [6, 6.07) is 4.71. The van der Waals surface area contributed by atoms with E-state index in [0.717, 1.165) is 25.7 Å². The summed E-state index contributed by atoms with van der Waals surface area (Å²) in [5, 5.41) is 8.79. The predicted octanol–water partition coefficient (Wildman–Crippen LogP) is 0.933. The van der Waals surface area contributed by atoms with Crippen molar-refractivity contribution >= 4 is 16.0 Å². The zero-order valence-electron chi connectivity index (χ0n) is 11.0. The fraction of sp³-hybridized carbons (Fsp3) is 0.462. The van der Waals surface area contributed by atoms with E-state index in [-0.39, 0.29) is 22.5 Å². The molecule has 110 valence electrons. The molecule has 1 aliphatic rings. The summed E-state index contributed by atoms with van der Waals surface area (Å²) in [5.74, 6) is -1.09. The summed E-state index contributed by atoms with van der Waals surface area (Å²) >= 11 is 0. The van der Waals surface area contributed by atoms with Gasteiger partial charge in [0.2, 0.25) is 10.0 Å². The number of hydrogen-bond acceptors (Lipinski definition) is 4. The molecule has 1 saturated carbocycles. The van der Waals surface area contributed by atoms with Gasteiger partial charge in [-0.25, -0.2) is 17.9 Å². The highest BCUT2D eigenvalue weighted by atomic mass is 32.2. The van der Waals surface area contributed by atoms with Crippen LogP contribution in [0, 0.1) is 0 Å². The van der Waals surface area contributed by atoms with Crippen LogP contribution in [0.5, 0.6) is 0 Å². The van der Waals surface area contributed by atoms with Gasteiger partial charge in [-0.2, -0.15) is 0 Å². The largest absolute Gasteiger partial charge is 0.478 e. The molecule has 0 heterocycles. The van der Waals surface area contributed by atoms with Crippen LogP contribution < -0.4 is 10.5 Å². The zero-order valence-corrected chi connectivity index (χ0v) is 11.8. The lowest BCUT2D eigenvalue weighted by atomic mass is 9.92. The number of rotatable bonds is 4. The molecule has 0 spiro atoms. The van der Waals surface area contributed by atoms with Crippen molar-refractivity contribution in [1.82, 2.24) is 4.72 Å². The molecular weight excluding hydrogens is 280 g/mol. The highest BCUT2D eigenvalue weighted by Crippen LogP contribution is 2.19. The molecule has 2 atom stereocenters. The Bertz CT molecular complexity index is 583. The van der Waals surface area contributed by atoms with Crippen molar-refractivity contribution in [3.8, 4) is 0 Å². The standard InChI is InChI=1S/C13H18N2O4S/c14-11-3-1-2-4-12(11)15-20(18,19)10-7-5-9(6-8-10)13(16)17/h5-8,11-12,15H,1-4,14H2,(H,16,17). The Kier molecular flexibility index (Phi) is 4.42. The van der Waals surface area contributed by atoms with Crippen molar-refractivity contribution in [1.29, 1.82) is 0 Å². The van der Waals surface area contributed by atoms with E-state index in [2.05, 4.69) is 4.72 Å². The SMILES string of the molecule is NC1CCCCC1NS(=O)(=O)c1ccc(C(=O)O)cc1. The first kappa shape index (κ1) is 15.0. The summed E-state index contributed by atoms with van der Waals surface area (Å²) in [7, 11) is -3.66. The van der Waals surface area contributed by atoms with Crippen LogP contribution in [0.3, 0.4) is 0 Å². The summed E-state index contributed by atoms with van der Waals surface area (Å²) in [4.78, 5) is 10.8. The topological polar surface area (TPSA) is 109 Å². The first-order chi connectivity index (χ1) is 9.40. The Balaban J connectivity index is 2.15. The molecule has 1 aromatic carbocycles. The van der Waals surface area contributed by atoms with Gasteiger partial charge >= 0.3 is 5.97 Å². The lowest BCUT2D eigenvalue weighted by molar-refractivity contribution is 0.0696. The molecular formula is C13H18N2O4S. The van der Waals surface area contributed by atoms with Crippen molar-refractivity contribution in [3.63, 3.8) is 0 Å². The Hall–Kier alpha value is -1.44. The van der Waals surface area contributed by atoms with Crippen LogP contribution in [0.15, 0.2) is 29.2 Å². The molecule has 1 aromatic rings. The van der Waals surface area contributed by atoms with E-state index >= 15 is 0 Å². The van der Waals surface area contributed by atoms with Gasteiger partial charge < -0.3 is 10.8 Å². The lowest BCUT2D eigenvalue weighted by Crippen LogP contribution is -2.49. The highest BCUT2D eigenvalue weighted by Gasteiger charge is 2.27. The van der Waals surface area contributed by atoms with Gasteiger partial charge in [-0.1, -0.05) is 12.8 Å². The van der Waals surface area contributed by atoms with Crippen molar-refractivity contribution in [2.24, 2.45) is 5.73 Å². The number of nitrogens with one attached hydrogen (secondary N) is 1. The molecule has 0 amide bonds. The average molecular weight is 298 g/mol. The highest BCUT2D eigenvalue weighted by molar-refractivity contribution is 7.89. The van der Waals surface area contributed by atoms with Gasteiger partial charge in [0.05, 0.1) is 10.5 Å². The number of aromatic carboxylic acids is 1. The minimum atomic E-state index is -3.66. The maximum atomic E-state index is 12.2. The van der Waals surface area contributed by atoms with Gasteiger partial charge in [0, 0.05) is 12.1 Å². The normalized spacial score (nSPS) is 23.4. The van der Waals surface area contributed by atoms with E-state index in [0.29, 0.717) is 0 Å². The number of nitrogens with two attached hydrogens (primary N) is 1. The Morgan fingerprint density at radius 1 is 1.20 bits per heavy atom. The third-order valence-electron chi connectivity index (χ3n) is 3.54. The zero-order chi connectivity index (χ0) is 14.8. The molecule has 6 nitrogen and oxygen atoms in total. The van der Waals surface area contributed by atoms with E-state index in [1.807, 2.05) is 0 Å². The quantitative estimate of drug-likeness (QED) is 0.766. The van der Waals surface area contributed by atoms with Crippen LogP contribution in [-0.2, 0) is 10.0 Å². The van der Waals surface area contributed by atoms with Crippen LogP contribution in [-0.4, -0.2) is 31.6 Å². The van der Waals surface area contributed by atoms with Crippen molar-refractivity contribution in [2.75, 3.05) is 0 Å². The molecule has 0 saturated heterocycles. The first-order valence-corrected chi connectivity index (χ1v) is 8.00. The van der Waals surface area contributed by atoms with Gasteiger partial charge in [0.25, 0.3) is 0 Å². The number of carboxylic acids is 1. The molecule has 0 aromatic heterocycles. The second-order valence-electron chi connectivity index (χ2n) is 5.01. The lowest BCUT2D eigenvalue weighted by Gasteiger charge is -2.29. The Morgan fingerprint density at radius 2 is 1.80 bits per heavy atom. The number of benzene rings is 1. The van der Waals surface area contributed by atoms with Gasteiger partial charge in [-0.15, -0.1) is 0 Å². The predicted molar refractivity (Wildman–Crippen MR) is 74.0 cm³/mol. The molecule has 0 aliphatic heterocycles. The third-order valence-corrected chi connectivity index (χ3v) is 5.04. The minimum Gasteiger partial charge on any atom is -0.478 e. The molecule has 2 unspecified atom stereocenters. The summed E-state index contributed by atoms with van der Waals surface area (Å²) in [5.41, 5.74) is 5.98. The molecule has 20 heavy (non-hydrogen) atoms. The van der Waals surface area contributed by atoms with E-state index in [1.165, 1.54) is 24.3 Å². The molecule has 2 rings (SSSR count). The van der Waals surface area contributed by atoms with Gasteiger partial charge in [-0.05, 0) is 37.1 Å². The first-order valence-electron chi connectivity index (χ1n) is 6.51. The van der Waals surface area contributed by atoms with Crippen LogP contribution in [0.25, 0.3) is 0 Å². The summed E-state index contributed by atoms with van der Waals surface area (Å²) in [6.07, 6.45) is 3.52. The van der Waals surface area contributed by atoms with E-state index in [1.54, 1.807) is 0 Å². The molecule has 0 bridgehead atoms. The maximum absolute atomic E-state index is 12.2. The van der Waals surface area contributed by atoms with Crippen LogP contribution in [0.2, 0.25) is 0 Å². The van der Waals surface area contributed by atoms with Crippen LogP contribution >= 0.6 is 0 Å². The van der Waals surface area contributed by atoms with Gasteiger partial charge in [0.1, 0.15) is 0 Å². The fourth-order valence-corrected chi connectivity index (χ4v) is 3.67. The summed E-state index contributed by atoms with van der Waals surface area (Å²) in [6.45, 7) is 0. The van der Waals surface area contributed by atoms with Crippen LogP contribution in [0.1, 0.15) is 36.0 Å². The fourth-order valence-electron chi connectivity index (χ4n) is 2.35. The second-order valence-corrected chi connectivity index (χ2v) is 6.72. The number of hydrogen-bond donors (Lipinski definition) is 3. The second kappa shape index (κ2) is 5.90. The smallest absolute Gasteiger partial charge is 0.335 e. The van der Waals surface area contributed by atoms with Crippen LogP contribution in [0.4, 0.5) is 0 Å². The van der Waals surface area contributed by atoms with Gasteiger partial charge in [0.15, 0.2) is 0 Å². The molecule has 0 radical (unpaired) electrons. The van der Waals surface area contributed by atoms with Gasteiger partial charge in [-0.3, -0.25) is 0 Å². The Morgan fingerprint density at radius 3 is 2.35 bits per heavy atom. The molecule has 1 fully saturated rings. The molecule has 7 heteroatoms. The molecule has 4 N–H and O–H groups in total. The minimum absolute atomic E-state index is 0.0540. The molecule has 1 aliphatic carbocycles. The number of carboxylic acid groups (broad SMARTS) is 1. The monoisotopic (exact) mass is 298 g/mol. The number of sulfonamides is 1. The Labute approximate surface area is 118 Å². The van der Waals surface area contributed by atoms with Crippen molar-refractivity contribution < 1.29 is 18.3 Å². The third kappa shape index (κ3) is 3.36. The van der Waals surface area contributed by atoms with Crippen molar-refractivity contribution in [3.05, 3.63) is 29.8 Å². The van der Waals surface area contributed by atoms with E-state index in [4.69, 9.17) is 10.8 Å². The van der Waals surface area contributed by atoms with E-state index in [9.17, 15) is 13.2 Å². The number of carbonyl (C=O) groups is 1. The maximum Gasteiger partial charge on any atom is 0.335 e. The van der Waals surface area contributed by atoms with Crippen molar-refractivity contribution in [2.45, 2.75) is 42.7 Å². The summed E-state index contributed by atoms with van der Waals surface area (Å²) < 4.78 is 27.0.